The van der Waals surface area contributed by atoms with Crippen LogP contribution < -0.4 is 4.74 Å². The maximum Gasteiger partial charge on any atom is 0.573 e. The number of ether oxygens (including phenoxy) is 1. The second kappa shape index (κ2) is 5.28. The highest BCUT2D eigenvalue weighted by Crippen LogP contribution is 2.24. The summed E-state index contributed by atoms with van der Waals surface area (Å²) in [4.78, 5) is 13.1. The van der Waals surface area contributed by atoms with Crippen molar-refractivity contribution in [2.75, 3.05) is 6.54 Å². The van der Waals surface area contributed by atoms with Crippen LogP contribution in [0.3, 0.4) is 0 Å². The Hall–Kier alpha value is -1.43. The molecule has 1 aliphatic heterocycles. The molecule has 3 nitrogen and oxygen atoms in total. The molecule has 0 aromatic heterocycles. The monoisotopic (exact) mass is 293 g/mol. The van der Waals surface area contributed by atoms with Crippen LogP contribution in [0.25, 0.3) is 0 Å². The van der Waals surface area contributed by atoms with Gasteiger partial charge in [0, 0.05) is 19.5 Å². The highest BCUT2D eigenvalue weighted by atomic mass is 35.5. The number of alkyl halides is 4. The van der Waals surface area contributed by atoms with E-state index in [2.05, 4.69) is 4.74 Å². The lowest BCUT2D eigenvalue weighted by Gasteiger charge is -2.16. The number of carbonyl (C=O) groups excluding carboxylic acids is 1. The Morgan fingerprint density at radius 2 is 1.95 bits per heavy atom. The topological polar surface area (TPSA) is 29.5 Å². The van der Waals surface area contributed by atoms with E-state index in [0.717, 1.165) is 5.56 Å². The number of halogens is 4. The van der Waals surface area contributed by atoms with Crippen LogP contribution in [0.2, 0.25) is 0 Å². The number of hydrogen-bond donors (Lipinski definition) is 0. The normalized spacial score (nSPS) is 19.9. The van der Waals surface area contributed by atoms with E-state index in [9.17, 15) is 18.0 Å². The maximum atomic E-state index is 12.0. The second-order valence-electron chi connectivity index (χ2n) is 4.27. The largest absolute Gasteiger partial charge is 0.573 e. The number of rotatable bonds is 3. The summed E-state index contributed by atoms with van der Waals surface area (Å²) >= 11 is 5.86. The lowest BCUT2D eigenvalue weighted by Crippen LogP contribution is -2.24. The van der Waals surface area contributed by atoms with E-state index in [-0.39, 0.29) is 17.0 Å². The molecule has 0 aliphatic carbocycles. The summed E-state index contributed by atoms with van der Waals surface area (Å²) in [6.45, 7) is 0.801. The number of carbonyl (C=O) groups is 1. The summed E-state index contributed by atoms with van der Waals surface area (Å²) in [6.07, 6.45) is -4.39. The standard InChI is InChI=1S/C12H11ClF3NO2/c13-9-5-11(18)17(7-9)6-8-1-3-10(4-2-8)19-12(14,15)16/h1-4,9H,5-7H2. The first-order chi connectivity index (χ1) is 8.83. The second-order valence-corrected chi connectivity index (χ2v) is 4.88. The van der Waals surface area contributed by atoms with Crippen LogP contribution in [0, 0.1) is 0 Å². The van der Waals surface area contributed by atoms with Crippen molar-refractivity contribution in [1.29, 1.82) is 0 Å². The van der Waals surface area contributed by atoms with Gasteiger partial charge in [-0.2, -0.15) is 0 Å². The van der Waals surface area contributed by atoms with E-state index in [1.54, 1.807) is 4.90 Å². The molecule has 0 N–H and O–H groups in total. The molecule has 0 bridgehead atoms. The van der Waals surface area contributed by atoms with E-state index in [0.29, 0.717) is 19.5 Å². The molecular weight excluding hydrogens is 283 g/mol. The highest BCUT2D eigenvalue weighted by Gasteiger charge is 2.31. The van der Waals surface area contributed by atoms with Gasteiger partial charge in [0.2, 0.25) is 5.91 Å². The van der Waals surface area contributed by atoms with Gasteiger partial charge in [-0.15, -0.1) is 24.8 Å². The van der Waals surface area contributed by atoms with Gasteiger partial charge in [0.1, 0.15) is 5.75 Å². The van der Waals surface area contributed by atoms with Crippen LogP contribution in [-0.2, 0) is 11.3 Å². The highest BCUT2D eigenvalue weighted by molar-refractivity contribution is 6.22. The molecule has 1 aliphatic rings. The van der Waals surface area contributed by atoms with Gasteiger partial charge in [-0.25, -0.2) is 0 Å². The first kappa shape index (κ1) is 14.0. The molecule has 7 heteroatoms. The molecule has 2 rings (SSSR count). The molecule has 104 valence electrons. The van der Waals surface area contributed by atoms with Crippen molar-refractivity contribution in [1.82, 2.24) is 4.90 Å². The predicted octanol–water partition coefficient (Wildman–Crippen LogP) is 2.92. The minimum absolute atomic E-state index is 0.0457. The van der Waals surface area contributed by atoms with E-state index in [1.165, 1.54) is 24.3 Å². The molecule has 0 spiro atoms. The zero-order valence-corrected chi connectivity index (χ0v) is 10.5. The van der Waals surface area contributed by atoms with Gasteiger partial charge in [-0.3, -0.25) is 4.79 Å². The van der Waals surface area contributed by atoms with E-state index in [1.807, 2.05) is 0 Å². The molecule has 0 saturated carbocycles. The molecular formula is C12H11ClF3NO2. The number of benzene rings is 1. The van der Waals surface area contributed by atoms with Gasteiger partial charge in [0.25, 0.3) is 0 Å². The average Bonchev–Trinajstić information content (AvgIpc) is 2.58. The minimum atomic E-state index is -4.70. The number of hydrogen-bond acceptors (Lipinski definition) is 2. The fraction of sp³-hybridized carbons (Fsp3) is 0.417. The third-order valence-corrected chi connectivity index (χ3v) is 2.99. The van der Waals surface area contributed by atoms with E-state index >= 15 is 0 Å². The lowest BCUT2D eigenvalue weighted by molar-refractivity contribution is -0.274. The third-order valence-electron chi connectivity index (χ3n) is 2.70. The minimum Gasteiger partial charge on any atom is -0.406 e. The molecule has 1 unspecified atom stereocenters. The molecule has 1 aromatic carbocycles. The third kappa shape index (κ3) is 4.02. The quantitative estimate of drug-likeness (QED) is 0.802. The summed E-state index contributed by atoms with van der Waals surface area (Å²) in [7, 11) is 0. The van der Waals surface area contributed by atoms with Crippen LogP contribution in [0.4, 0.5) is 13.2 Å². The first-order valence-corrected chi connectivity index (χ1v) is 6.04. The molecule has 0 radical (unpaired) electrons. The Morgan fingerprint density at radius 1 is 1.32 bits per heavy atom. The molecule has 1 fully saturated rings. The van der Waals surface area contributed by atoms with Crippen LogP contribution in [0.1, 0.15) is 12.0 Å². The zero-order valence-electron chi connectivity index (χ0n) is 9.78. The molecule has 1 aromatic rings. The fourth-order valence-corrected chi connectivity index (χ4v) is 2.19. The van der Waals surface area contributed by atoms with Crippen LogP contribution in [-0.4, -0.2) is 29.1 Å². The van der Waals surface area contributed by atoms with Crippen LogP contribution >= 0.6 is 11.6 Å². The molecule has 1 saturated heterocycles. The van der Waals surface area contributed by atoms with E-state index < -0.39 is 6.36 Å². The van der Waals surface area contributed by atoms with Crippen molar-refractivity contribution in [3.8, 4) is 5.75 Å². The van der Waals surface area contributed by atoms with Crippen LogP contribution in [0.15, 0.2) is 24.3 Å². The molecule has 1 heterocycles. The Labute approximate surface area is 112 Å². The van der Waals surface area contributed by atoms with Crippen LogP contribution in [0.5, 0.6) is 5.75 Å². The van der Waals surface area contributed by atoms with Gasteiger partial charge < -0.3 is 9.64 Å². The molecule has 19 heavy (non-hydrogen) atoms. The van der Waals surface area contributed by atoms with Gasteiger partial charge in [0.15, 0.2) is 0 Å². The predicted molar refractivity (Wildman–Crippen MR) is 62.8 cm³/mol. The van der Waals surface area contributed by atoms with Crippen molar-refractivity contribution in [2.24, 2.45) is 0 Å². The Kier molecular flexibility index (Phi) is 3.89. The smallest absolute Gasteiger partial charge is 0.406 e. The fourth-order valence-electron chi connectivity index (χ4n) is 1.89. The lowest BCUT2D eigenvalue weighted by atomic mass is 10.2. The van der Waals surface area contributed by atoms with Gasteiger partial charge >= 0.3 is 6.36 Å². The molecule has 1 atom stereocenters. The molecule has 1 amide bonds. The van der Waals surface area contributed by atoms with E-state index in [4.69, 9.17) is 11.6 Å². The van der Waals surface area contributed by atoms with Crippen molar-refractivity contribution >= 4 is 17.5 Å². The van der Waals surface area contributed by atoms with Gasteiger partial charge in [-0.05, 0) is 17.7 Å². The maximum absolute atomic E-state index is 12.0. The Balaban J connectivity index is 1.97. The van der Waals surface area contributed by atoms with Gasteiger partial charge in [0.05, 0.1) is 5.38 Å². The number of amides is 1. The van der Waals surface area contributed by atoms with Crippen molar-refractivity contribution in [3.05, 3.63) is 29.8 Å². The van der Waals surface area contributed by atoms with Gasteiger partial charge in [-0.1, -0.05) is 12.1 Å². The summed E-state index contributed by atoms with van der Waals surface area (Å²) in [5.41, 5.74) is 0.730. The summed E-state index contributed by atoms with van der Waals surface area (Å²) in [5.74, 6) is -0.324. The zero-order chi connectivity index (χ0) is 14.0. The summed E-state index contributed by atoms with van der Waals surface area (Å²) in [6, 6.07) is 5.44. The number of likely N-dealkylation sites (tertiary alicyclic amines) is 1. The van der Waals surface area contributed by atoms with Crippen molar-refractivity contribution in [2.45, 2.75) is 24.7 Å². The Bertz CT molecular complexity index is 461. The summed E-state index contributed by atoms with van der Waals surface area (Å²) in [5, 5.41) is -0.194. The Morgan fingerprint density at radius 3 is 2.42 bits per heavy atom. The SMILES string of the molecule is O=C1CC(Cl)CN1Cc1ccc(OC(F)(F)F)cc1. The number of nitrogens with zero attached hydrogens (tertiary/aromatic N) is 1. The summed E-state index contributed by atoms with van der Waals surface area (Å²) < 4.78 is 39.7. The first-order valence-electron chi connectivity index (χ1n) is 5.60. The average molecular weight is 294 g/mol. The van der Waals surface area contributed by atoms with Crippen molar-refractivity contribution < 1.29 is 22.7 Å². The van der Waals surface area contributed by atoms with Crippen molar-refractivity contribution in [3.63, 3.8) is 0 Å².